The van der Waals surface area contributed by atoms with Gasteiger partial charge in [-0.05, 0) is 150 Å². The molecule has 0 amide bonds. The summed E-state index contributed by atoms with van der Waals surface area (Å²) in [6, 6.07) is 14.8. The van der Waals surface area contributed by atoms with Crippen LogP contribution in [0, 0.1) is 17.8 Å². The summed E-state index contributed by atoms with van der Waals surface area (Å²) in [4.78, 5) is 5.22. The lowest BCUT2D eigenvalue weighted by Gasteiger charge is -2.37. The molecule has 1 saturated carbocycles. The van der Waals surface area contributed by atoms with Crippen molar-refractivity contribution in [1.29, 1.82) is 0 Å². The number of nitrogens with zero attached hydrogens (tertiary/aromatic N) is 1. The van der Waals surface area contributed by atoms with Gasteiger partial charge in [-0.15, -0.1) is 0 Å². The average molecular weight is 500 g/mol. The molecule has 1 heterocycles. The fourth-order valence-electron chi connectivity index (χ4n) is 12.4. The molecule has 15 rings (SSSR count). The van der Waals surface area contributed by atoms with Crippen LogP contribution in [-0.2, 0) is 0 Å². The van der Waals surface area contributed by atoms with Crippen molar-refractivity contribution < 1.29 is 0 Å². The lowest BCUT2D eigenvalue weighted by Crippen LogP contribution is -2.31. The van der Waals surface area contributed by atoms with Crippen LogP contribution >= 0.6 is 0 Å². The first-order valence-electron chi connectivity index (χ1n) is 15.1. The van der Waals surface area contributed by atoms with Crippen LogP contribution in [0.15, 0.2) is 60.8 Å². The van der Waals surface area contributed by atoms with Gasteiger partial charge in [0.2, 0.25) is 0 Å². The number of hydrogen-bond donors (Lipinski definition) is 0. The van der Waals surface area contributed by atoms with Gasteiger partial charge in [0.25, 0.3) is 0 Å². The molecule has 9 aromatic rings. The fourth-order valence-corrected chi connectivity index (χ4v) is 12.4. The number of benzene rings is 5. The van der Waals surface area contributed by atoms with Crippen molar-refractivity contribution in [2.75, 3.05) is 0 Å². The van der Waals surface area contributed by atoms with Gasteiger partial charge in [-0.2, -0.15) is 0 Å². The van der Waals surface area contributed by atoms with E-state index in [2.05, 4.69) is 66.9 Å². The molecule has 6 aliphatic rings. The maximum absolute atomic E-state index is 5.22. The summed E-state index contributed by atoms with van der Waals surface area (Å²) in [6.45, 7) is 0. The summed E-state index contributed by atoms with van der Waals surface area (Å²) in [5, 5.41) is 26.2. The third-order valence-corrected chi connectivity index (χ3v) is 13.2. The molecule has 6 aliphatic carbocycles. The van der Waals surface area contributed by atoms with Crippen LogP contribution in [0.1, 0.15) is 40.1 Å². The highest BCUT2D eigenvalue weighted by molar-refractivity contribution is 6.56. The van der Waals surface area contributed by atoms with Crippen LogP contribution in [0.5, 0.6) is 0 Å². The zero-order valence-electron chi connectivity index (χ0n) is 21.3. The number of hydrogen-bond acceptors (Lipinski definition) is 1. The van der Waals surface area contributed by atoms with E-state index in [-0.39, 0.29) is 0 Å². The quantitative estimate of drug-likeness (QED) is 0.150. The number of allylic oxidation sites excluding steroid dienone is 3. The van der Waals surface area contributed by atoms with E-state index in [4.69, 9.17) is 4.98 Å². The monoisotopic (exact) mass is 499 g/mol. The topological polar surface area (TPSA) is 12.9 Å². The molecule has 0 spiro atoms. The molecule has 0 aliphatic heterocycles. The molecule has 0 radical (unpaired) electrons. The third-order valence-electron chi connectivity index (χ3n) is 13.2. The van der Waals surface area contributed by atoms with Crippen molar-refractivity contribution in [3.05, 3.63) is 88.4 Å². The molecule has 0 N–H and O–H groups in total. The zero-order valence-corrected chi connectivity index (χ0v) is 21.3. The molecule has 8 aromatic carbocycles. The maximum Gasteiger partial charge on any atom is 0.0671 e. The average Bonchev–Trinajstić information content (AvgIpc) is 3.75. The summed E-state index contributed by atoms with van der Waals surface area (Å²) in [5.41, 5.74) is 7.85. The van der Waals surface area contributed by atoms with E-state index >= 15 is 0 Å². The standard InChI is InChI=1S/C39H17N/c1-2-14-15-3-4-17-16-5-6-18-19-7-8-22-23-21-11-20-12(9-10-40-22)13(1)25-26(14)34-29(15)30(17)35-28(16)27(18)33(24(19)23)37-32(21)36(31(20)25)38(34)39(35)37/h1-11,16,18-19,24,27-28H. The van der Waals surface area contributed by atoms with E-state index in [1.165, 1.54) is 59.7 Å². The first-order valence-corrected chi connectivity index (χ1v) is 15.1. The van der Waals surface area contributed by atoms with Crippen LogP contribution in [0.25, 0.3) is 97.8 Å². The Morgan fingerprint density at radius 2 is 1.30 bits per heavy atom. The van der Waals surface area contributed by atoms with Crippen LogP contribution < -0.4 is 5.22 Å². The second-order valence-corrected chi connectivity index (χ2v) is 13.9. The number of aromatic nitrogens is 1. The summed E-state index contributed by atoms with van der Waals surface area (Å²) < 4.78 is 0. The second-order valence-electron chi connectivity index (χ2n) is 13.9. The normalized spacial score (nSPS) is 29.8. The first kappa shape index (κ1) is 17.3. The number of fused-ring (bicyclic) bond motifs is 4. The van der Waals surface area contributed by atoms with Gasteiger partial charge in [-0.3, -0.25) is 4.98 Å². The molecule has 1 fully saturated rings. The molecule has 1 heteroatoms. The highest BCUT2D eigenvalue weighted by Crippen LogP contribution is 2.72. The first-order chi connectivity index (χ1) is 19.9. The van der Waals surface area contributed by atoms with Crippen molar-refractivity contribution in [3.8, 4) is 0 Å². The zero-order chi connectivity index (χ0) is 24.7. The molecule has 178 valence electrons. The highest BCUT2D eigenvalue weighted by Gasteiger charge is 2.59. The maximum atomic E-state index is 5.22. The molecule has 6 atom stereocenters. The summed E-state index contributed by atoms with van der Waals surface area (Å²) >= 11 is 0. The van der Waals surface area contributed by atoms with Gasteiger partial charge < -0.3 is 0 Å². The van der Waals surface area contributed by atoms with E-state index in [9.17, 15) is 0 Å². The van der Waals surface area contributed by atoms with Gasteiger partial charge in [0.15, 0.2) is 0 Å². The van der Waals surface area contributed by atoms with E-state index in [0.717, 1.165) is 0 Å². The molecule has 0 saturated heterocycles. The lowest BCUT2D eigenvalue weighted by atomic mass is 9.65. The molecule has 1 aromatic heterocycles. The third kappa shape index (κ3) is 1.23. The second kappa shape index (κ2) is 4.63. The van der Waals surface area contributed by atoms with Gasteiger partial charge in [0.05, 0.1) is 5.69 Å². The fraction of sp³-hybridized carbons (Fsp3) is 0.154. The molecular formula is C39H17N. The largest absolute Gasteiger partial charge is 0.257 e. The van der Waals surface area contributed by atoms with Crippen LogP contribution in [0.4, 0.5) is 0 Å². The predicted molar refractivity (Wildman–Crippen MR) is 165 cm³/mol. The van der Waals surface area contributed by atoms with Crippen LogP contribution in [-0.4, -0.2) is 4.98 Å². The number of rotatable bonds is 0. The lowest BCUT2D eigenvalue weighted by molar-refractivity contribution is 0.355. The Bertz CT molecular complexity index is 2950. The van der Waals surface area contributed by atoms with E-state index < -0.39 is 0 Å². The Balaban J connectivity index is 1.49. The highest BCUT2D eigenvalue weighted by atomic mass is 14.7. The molecule has 40 heavy (non-hydrogen) atoms. The minimum absolute atomic E-state index is 0.459. The van der Waals surface area contributed by atoms with E-state index in [1.807, 2.05) is 0 Å². The molecule has 6 unspecified atom stereocenters. The summed E-state index contributed by atoms with van der Waals surface area (Å²) in [6.07, 6.45) is 12.3. The predicted octanol–water partition coefficient (Wildman–Crippen LogP) is 8.68. The minimum Gasteiger partial charge on any atom is -0.257 e. The Morgan fingerprint density at radius 1 is 0.525 bits per heavy atom. The summed E-state index contributed by atoms with van der Waals surface area (Å²) in [5.74, 6) is 3.27. The van der Waals surface area contributed by atoms with Crippen molar-refractivity contribution >= 4 is 97.8 Å². The SMILES string of the molecule is C1=CC2C3C4=c5c6c7c8c(ccc9c%10ccc%11c%12ccnc1c3c1cc%12c3c%11c%10c(c89)c6c3c51)C1C=CC2C4C71. The van der Waals surface area contributed by atoms with E-state index in [1.54, 1.807) is 59.6 Å². The van der Waals surface area contributed by atoms with Gasteiger partial charge in [-0.1, -0.05) is 42.5 Å². The van der Waals surface area contributed by atoms with Crippen LogP contribution in [0.3, 0.4) is 0 Å². The molecule has 1 nitrogen and oxygen atoms in total. The Labute approximate surface area is 226 Å². The van der Waals surface area contributed by atoms with Gasteiger partial charge in [-0.25, -0.2) is 0 Å². The Hall–Kier alpha value is -4.49. The van der Waals surface area contributed by atoms with Crippen molar-refractivity contribution in [3.63, 3.8) is 0 Å². The molecule has 2 bridgehead atoms. The molecular weight excluding hydrogens is 482 g/mol. The van der Waals surface area contributed by atoms with Crippen molar-refractivity contribution in [1.82, 2.24) is 4.98 Å². The Morgan fingerprint density at radius 3 is 2.25 bits per heavy atom. The van der Waals surface area contributed by atoms with Crippen molar-refractivity contribution in [2.24, 2.45) is 17.8 Å². The smallest absolute Gasteiger partial charge is 0.0671 e. The van der Waals surface area contributed by atoms with E-state index in [0.29, 0.717) is 35.5 Å². The minimum atomic E-state index is 0.459. The van der Waals surface area contributed by atoms with Gasteiger partial charge >= 0.3 is 0 Å². The van der Waals surface area contributed by atoms with Gasteiger partial charge in [0, 0.05) is 24.0 Å². The summed E-state index contributed by atoms with van der Waals surface area (Å²) in [7, 11) is 0. The van der Waals surface area contributed by atoms with Crippen LogP contribution in [0.2, 0.25) is 0 Å². The Kier molecular flexibility index (Phi) is 2.00. The van der Waals surface area contributed by atoms with Gasteiger partial charge in [0.1, 0.15) is 0 Å². The van der Waals surface area contributed by atoms with Crippen molar-refractivity contribution in [2.45, 2.75) is 17.8 Å².